The summed E-state index contributed by atoms with van der Waals surface area (Å²) in [4.78, 5) is 0. The third kappa shape index (κ3) is 9.88. The highest BCUT2D eigenvalue weighted by Gasteiger charge is 2.30. The molecule has 0 aromatic carbocycles. The Morgan fingerprint density at radius 2 is 0.645 bits per heavy atom. The van der Waals surface area contributed by atoms with Crippen molar-refractivity contribution < 1.29 is 0 Å². The minimum atomic E-state index is 0.519. The summed E-state index contributed by atoms with van der Waals surface area (Å²) in [6.45, 7) is 37.1. The molecule has 0 radical (unpaired) electrons. The fourth-order valence-corrected chi connectivity index (χ4v) is 5.03. The van der Waals surface area contributed by atoms with E-state index in [2.05, 4.69) is 111 Å². The van der Waals surface area contributed by atoms with Gasteiger partial charge in [0, 0.05) is 0 Å². The van der Waals surface area contributed by atoms with Gasteiger partial charge in [-0.2, -0.15) is 0 Å². The molecule has 0 aliphatic heterocycles. The zero-order valence-corrected chi connectivity index (χ0v) is 24.6. The summed E-state index contributed by atoms with van der Waals surface area (Å²) in [5.41, 5.74) is 7.54. The van der Waals surface area contributed by atoms with E-state index >= 15 is 0 Å². The first-order chi connectivity index (χ1) is 13.8. The van der Waals surface area contributed by atoms with Crippen LogP contribution in [-0.4, -0.2) is 0 Å². The van der Waals surface area contributed by atoms with E-state index in [1.165, 1.54) is 19.3 Å². The molecule has 0 saturated carbocycles. The lowest BCUT2D eigenvalue weighted by molar-refractivity contribution is 0.301. The van der Waals surface area contributed by atoms with Gasteiger partial charge in [0.15, 0.2) is 0 Å². The molecule has 0 aromatic rings. The zero-order chi connectivity index (χ0) is 24.9. The average molecular weight is 433 g/mol. The van der Waals surface area contributed by atoms with Crippen LogP contribution in [0, 0.1) is 46.3 Å². The van der Waals surface area contributed by atoms with Crippen molar-refractivity contribution in [3.63, 3.8) is 0 Å². The SMILES string of the molecule is CC(C)(C)CCCC(C)(C)C.CC1=C(C)[C@H](C)C(C)[C@@H]1C.CC1=C(C)[C@H](C)C(C)[C@@H]1C. The average Bonchev–Trinajstić information content (AvgIpc) is 2.91. The van der Waals surface area contributed by atoms with Gasteiger partial charge in [0.25, 0.3) is 0 Å². The molecule has 0 nitrogen and oxygen atoms in total. The monoisotopic (exact) mass is 432 g/mol. The van der Waals surface area contributed by atoms with Crippen molar-refractivity contribution in [2.24, 2.45) is 46.3 Å². The van der Waals surface area contributed by atoms with Crippen LogP contribution in [0.1, 0.15) is 130 Å². The van der Waals surface area contributed by atoms with E-state index in [9.17, 15) is 0 Å². The number of rotatable bonds is 2. The van der Waals surface area contributed by atoms with Crippen molar-refractivity contribution in [2.45, 2.75) is 130 Å². The summed E-state index contributed by atoms with van der Waals surface area (Å²) < 4.78 is 0. The van der Waals surface area contributed by atoms with Crippen molar-refractivity contribution in [1.82, 2.24) is 0 Å². The molecule has 184 valence electrons. The highest BCUT2D eigenvalue weighted by atomic mass is 14.4. The van der Waals surface area contributed by atoms with E-state index in [4.69, 9.17) is 0 Å². The Labute approximate surface area is 198 Å². The molecule has 6 atom stereocenters. The largest absolute Gasteiger partial charge is 0.0710 e. The van der Waals surface area contributed by atoms with Crippen molar-refractivity contribution in [3.8, 4) is 0 Å². The molecule has 0 heterocycles. The lowest BCUT2D eigenvalue weighted by Crippen LogP contribution is -2.09. The van der Waals surface area contributed by atoms with Gasteiger partial charge in [0.1, 0.15) is 0 Å². The third-order valence-electron chi connectivity index (χ3n) is 8.98. The van der Waals surface area contributed by atoms with Gasteiger partial charge in [-0.15, -0.1) is 0 Å². The summed E-state index contributed by atoms with van der Waals surface area (Å²) in [6.07, 6.45) is 4.07. The van der Waals surface area contributed by atoms with Crippen LogP contribution in [0.25, 0.3) is 0 Å². The first-order valence-corrected chi connectivity index (χ1v) is 13.2. The van der Waals surface area contributed by atoms with Crippen LogP contribution in [0.15, 0.2) is 22.3 Å². The van der Waals surface area contributed by atoms with E-state index in [-0.39, 0.29) is 0 Å². The lowest BCUT2D eigenvalue weighted by atomic mass is 9.84. The Hall–Kier alpha value is -0.520. The predicted molar refractivity (Wildman–Crippen MR) is 144 cm³/mol. The fraction of sp³-hybridized carbons (Fsp3) is 0.871. The summed E-state index contributed by atoms with van der Waals surface area (Å²) in [5, 5.41) is 0. The molecule has 0 saturated heterocycles. The van der Waals surface area contributed by atoms with Crippen molar-refractivity contribution >= 4 is 0 Å². The lowest BCUT2D eigenvalue weighted by Gasteiger charge is -2.22. The van der Waals surface area contributed by atoms with E-state index in [1.54, 1.807) is 22.3 Å². The Kier molecular flexibility index (Phi) is 11.9. The molecule has 0 bridgehead atoms. The normalized spacial score (nSPS) is 31.4. The summed E-state index contributed by atoms with van der Waals surface area (Å²) in [7, 11) is 0. The maximum absolute atomic E-state index is 2.36. The van der Waals surface area contributed by atoms with E-state index < -0.39 is 0 Å². The predicted octanol–water partition coefficient (Wildman–Crippen LogP) is 10.7. The van der Waals surface area contributed by atoms with Crippen molar-refractivity contribution in [2.75, 3.05) is 0 Å². The Bertz CT molecular complexity index is 511. The zero-order valence-electron chi connectivity index (χ0n) is 24.6. The maximum atomic E-state index is 2.36. The van der Waals surface area contributed by atoms with E-state index in [1.807, 2.05) is 0 Å². The summed E-state index contributed by atoms with van der Waals surface area (Å²) >= 11 is 0. The minimum Gasteiger partial charge on any atom is -0.0710 e. The minimum absolute atomic E-state index is 0.519. The number of hydrogen-bond acceptors (Lipinski definition) is 0. The Morgan fingerprint density at radius 1 is 0.452 bits per heavy atom. The quantitative estimate of drug-likeness (QED) is 0.380. The van der Waals surface area contributed by atoms with Crippen LogP contribution >= 0.6 is 0 Å². The van der Waals surface area contributed by atoms with Crippen molar-refractivity contribution in [1.29, 1.82) is 0 Å². The molecule has 2 aliphatic rings. The highest BCUT2D eigenvalue weighted by Crippen LogP contribution is 2.41. The standard InChI is InChI=1S/C11H24.2C10H18/c1-10(2,3)8-7-9-11(4,5)6;2*1-6-7(2)9(4)10(5)8(6)3/h7-9H2,1-6H3;2*6-8H,1-5H3/t;2*6?,7-,8+. The van der Waals surface area contributed by atoms with E-state index in [0.717, 1.165) is 35.5 Å². The third-order valence-corrected chi connectivity index (χ3v) is 8.98. The highest BCUT2D eigenvalue weighted by molar-refractivity contribution is 5.23. The van der Waals surface area contributed by atoms with Crippen LogP contribution in [-0.2, 0) is 0 Å². The number of allylic oxidation sites excluding steroid dienone is 4. The van der Waals surface area contributed by atoms with Crippen molar-refractivity contribution in [3.05, 3.63) is 22.3 Å². The smallest absolute Gasteiger partial charge is 0.0200 e. The van der Waals surface area contributed by atoms with Gasteiger partial charge in [-0.3, -0.25) is 0 Å². The molecule has 0 amide bonds. The Balaban J connectivity index is 0.000000436. The van der Waals surface area contributed by atoms with Gasteiger partial charge >= 0.3 is 0 Å². The van der Waals surface area contributed by atoms with Crippen LogP contribution in [0.5, 0.6) is 0 Å². The molecule has 0 heteroatoms. The molecule has 0 N–H and O–H groups in total. The van der Waals surface area contributed by atoms with Gasteiger partial charge in [-0.05, 0) is 86.9 Å². The van der Waals surface area contributed by atoms with Gasteiger partial charge in [0.2, 0.25) is 0 Å². The fourth-order valence-electron chi connectivity index (χ4n) is 5.03. The molecule has 0 aromatic heterocycles. The first kappa shape index (κ1) is 30.5. The van der Waals surface area contributed by atoms with Crippen LogP contribution in [0.2, 0.25) is 0 Å². The van der Waals surface area contributed by atoms with Gasteiger partial charge in [-0.25, -0.2) is 0 Å². The van der Waals surface area contributed by atoms with Gasteiger partial charge < -0.3 is 0 Å². The topological polar surface area (TPSA) is 0 Å². The second-order valence-corrected chi connectivity index (χ2v) is 13.6. The second kappa shape index (κ2) is 12.1. The van der Waals surface area contributed by atoms with Crippen LogP contribution in [0.3, 0.4) is 0 Å². The molecule has 0 fully saturated rings. The van der Waals surface area contributed by atoms with Gasteiger partial charge in [-0.1, -0.05) is 112 Å². The van der Waals surface area contributed by atoms with Crippen LogP contribution in [0.4, 0.5) is 0 Å². The molecular formula is C31H60. The molecule has 31 heavy (non-hydrogen) atoms. The van der Waals surface area contributed by atoms with Gasteiger partial charge in [0.05, 0.1) is 0 Å². The molecule has 2 rings (SSSR count). The second-order valence-electron chi connectivity index (χ2n) is 13.6. The molecular weight excluding hydrogens is 372 g/mol. The molecule has 0 spiro atoms. The molecule has 2 unspecified atom stereocenters. The van der Waals surface area contributed by atoms with Crippen LogP contribution < -0.4 is 0 Å². The molecule has 2 aliphatic carbocycles. The summed E-state index contributed by atoms with van der Waals surface area (Å²) in [5.74, 6) is 4.98. The Morgan fingerprint density at radius 3 is 0.742 bits per heavy atom. The van der Waals surface area contributed by atoms with E-state index in [0.29, 0.717) is 10.8 Å². The first-order valence-electron chi connectivity index (χ1n) is 13.2. The number of hydrogen-bond donors (Lipinski definition) is 0. The maximum Gasteiger partial charge on any atom is -0.0200 e. The summed E-state index contributed by atoms with van der Waals surface area (Å²) in [6, 6.07) is 0.